The van der Waals surface area contributed by atoms with E-state index in [0.29, 0.717) is 60.8 Å². The molecule has 0 saturated carbocycles. The second-order valence-corrected chi connectivity index (χ2v) is 9.75. The third-order valence-electron chi connectivity index (χ3n) is 5.10. The number of hydrogen-bond donors (Lipinski definition) is 0. The molecule has 10 heteroatoms. The van der Waals surface area contributed by atoms with Gasteiger partial charge in [0.25, 0.3) is 5.91 Å². The van der Waals surface area contributed by atoms with Gasteiger partial charge in [-0.15, -0.1) is 0 Å². The third-order valence-corrected chi connectivity index (χ3v) is 7.53. The van der Waals surface area contributed by atoms with Gasteiger partial charge in [0.05, 0.1) is 23.1 Å². The van der Waals surface area contributed by atoms with E-state index in [4.69, 9.17) is 32.7 Å². The largest absolute Gasteiger partial charge is 0.482 e. The number of carbonyl (C=O) groups is 1. The van der Waals surface area contributed by atoms with Crippen molar-refractivity contribution < 1.29 is 22.7 Å². The number of morpholine rings is 1. The molecule has 2 aliphatic rings. The molecule has 0 N–H and O–H groups in total. The standard InChI is InChI=1S/C20H20Cl2N2O5S/c21-15-1-4-19(17(22)12-15)29-13-20(25)24-6-5-14-11-16(2-3-18(14)24)30(26,27)23-7-9-28-10-8-23/h1-4,11-12H,5-10,13H2. The van der Waals surface area contributed by atoms with Crippen LogP contribution in [-0.4, -0.2) is 58.1 Å². The van der Waals surface area contributed by atoms with Crippen molar-refractivity contribution in [2.45, 2.75) is 11.3 Å². The molecule has 4 rings (SSSR count). The fraction of sp³-hybridized carbons (Fsp3) is 0.350. The first-order valence-electron chi connectivity index (χ1n) is 9.45. The zero-order chi connectivity index (χ0) is 21.3. The van der Waals surface area contributed by atoms with Gasteiger partial charge in [-0.3, -0.25) is 4.79 Å². The van der Waals surface area contributed by atoms with Crippen molar-refractivity contribution in [3.63, 3.8) is 0 Å². The molecule has 0 unspecified atom stereocenters. The van der Waals surface area contributed by atoms with Crippen molar-refractivity contribution in [1.29, 1.82) is 0 Å². The number of carbonyl (C=O) groups excluding carboxylic acids is 1. The molecule has 2 aromatic rings. The highest BCUT2D eigenvalue weighted by atomic mass is 35.5. The van der Waals surface area contributed by atoms with Gasteiger partial charge in [0.15, 0.2) is 6.61 Å². The zero-order valence-corrected chi connectivity index (χ0v) is 18.3. The van der Waals surface area contributed by atoms with Gasteiger partial charge in [-0.1, -0.05) is 23.2 Å². The summed E-state index contributed by atoms with van der Waals surface area (Å²) in [6.07, 6.45) is 0.579. The number of sulfonamides is 1. The number of benzene rings is 2. The minimum atomic E-state index is -3.58. The normalized spacial score (nSPS) is 17.1. The molecule has 1 fully saturated rings. The number of hydrogen-bond acceptors (Lipinski definition) is 5. The fourth-order valence-electron chi connectivity index (χ4n) is 3.54. The van der Waals surface area contributed by atoms with E-state index in [1.165, 1.54) is 4.31 Å². The number of halogens is 2. The molecular weight excluding hydrogens is 451 g/mol. The summed E-state index contributed by atoms with van der Waals surface area (Å²) >= 11 is 11.9. The lowest BCUT2D eigenvalue weighted by molar-refractivity contribution is -0.120. The summed E-state index contributed by atoms with van der Waals surface area (Å²) in [6, 6.07) is 9.68. The Hall–Kier alpha value is -1.84. The molecule has 7 nitrogen and oxygen atoms in total. The number of ether oxygens (including phenoxy) is 2. The Labute approximate surface area is 185 Å². The highest BCUT2D eigenvalue weighted by Crippen LogP contribution is 2.32. The lowest BCUT2D eigenvalue weighted by atomic mass is 10.2. The second kappa shape index (κ2) is 8.72. The smallest absolute Gasteiger partial charge is 0.264 e. The van der Waals surface area contributed by atoms with Crippen LogP contribution in [0.2, 0.25) is 10.0 Å². The Kier molecular flexibility index (Phi) is 6.22. The molecule has 0 radical (unpaired) electrons. The van der Waals surface area contributed by atoms with E-state index in [-0.39, 0.29) is 17.4 Å². The summed E-state index contributed by atoms with van der Waals surface area (Å²) in [5.74, 6) is 0.143. The average molecular weight is 471 g/mol. The molecule has 30 heavy (non-hydrogen) atoms. The lowest BCUT2D eigenvalue weighted by Gasteiger charge is -2.26. The molecule has 0 bridgehead atoms. The molecular formula is C20H20Cl2N2O5S. The Morgan fingerprint density at radius 3 is 2.57 bits per heavy atom. The van der Waals surface area contributed by atoms with E-state index in [2.05, 4.69) is 0 Å². The van der Waals surface area contributed by atoms with Crippen LogP contribution in [0, 0.1) is 0 Å². The first kappa shape index (κ1) is 21.4. The van der Waals surface area contributed by atoms with Gasteiger partial charge in [0.1, 0.15) is 5.75 Å². The number of rotatable bonds is 5. The van der Waals surface area contributed by atoms with E-state index < -0.39 is 10.0 Å². The van der Waals surface area contributed by atoms with Crippen LogP contribution in [-0.2, 0) is 26.0 Å². The molecule has 1 amide bonds. The summed E-state index contributed by atoms with van der Waals surface area (Å²) in [6.45, 7) is 1.75. The fourth-order valence-corrected chi connectivity index (χ4v) is 5.47. The SMILES string of the molecule is O=C(COc1ccc(Cl)cc1Cl)N1CCc2cc(S(=O)(=O)N3CCOCC3)ccc21. The monoisotopic (exact) mass is 470 g/mol. The van der Waals surface area contributed by atoms with Crippen molar-refractivity contribution in [3.05, 3.63) is 52.0 Å². The van der Waals surface area contributed by atoms with Crippen molar-refractivity contribution in [3.8, 4) is 5.75 Å². The summed E-state index contributed by atoms with van der Waals surface area (Å²) in [5.41, 5.74) is 1.52. The minimum absolute atomic E-state index is 0.186. The van der Waals surface area contributed by atoms with Gasteiger partial charge in [0, 0.05) is 30.3 Å². The summed E-state index contributed by atoms with van der Waals surface area (Å²) in [4.78, 5) is 14.5. The van der Waals surface area contributed by atoms with Gasteiger partial charge < -0.3 is 14.4 Å². The molecule has 160 valence electrons. The van der Waals surface area contributed by atoms with E-state index in [1.54, 1.807) is 41.3 Å². The maximum atomic E-state index is 12.9. The van der Waals surface area contributed by atoms with Gasteiger partial charge in [-0.2, -0.15) is 4.31 Å². The van der Waals surface area contributed by atoms with E-state index in [0.717, 1.165) is 5.56 Å². The molecule has 0 atom stereocenters. The molecule has 2 heterocycles. The molecule has 0 spiro atoms. The quantitative estimate of drug-likeness (QED) is 0.671. The van der Waals surface area contributed by atoms with Crippen LogP contribution in [0.3, 0.4) is 0 Å². The molecule has 0 aromatic heterocycles. The van der Waals surface area contributed by atoms with Crippen LogP contribution in [0.5, 0.6) is 5.75 Å². The maximum absolute atomic E-state index is 12.9. The van der Waals surface area contributed by atoms with Crippen LogP contribution < -0.4 is 9.64 Å². The van der Waals surface area contributed by atoms with Gasteiger partial charge in [0.2, 0.25) is 10.0 Å². The predicted octanol–water partition coefficient (Wildman–Crippen LogP) is 2.98. The lowest BCUT2D eigenvalue weighted by Crippen LogP contribution is -2.40. The van der Waals surface area contributed by atoms with Crippen LogP contribution in [0.1, 0.15) is 5.56 Å². The Balaban J connectivity index is 1.47. The highest BCUT2D eigenvalue weighted by molar-refractivity contribution is 7.89. The van der Waals surface area contributed by atoms with Crippen LogP contribution >= 0.6 is 23.2 Å². The first-order valence-corrected chi connectivity index (χ1v) is 11.6. The van der Waals surface area contributed by atoms with Crippen LogP contribution in [0.4, 0.5) is 5.69 Å². The van der Waals surface area contributed by atoms with Crippen molar-refractivity contribution in [2.75, 3.05) is 44.4 Å². The van der Waals surface area contributed by atoms with E-state index >= 15 is 0 Å². The molecule has 0 aliphatic carbocycles. The number of fused-ring (bicyclic) bond motifs is 1. The Morgan fingerprint density at radius 2 is 1.83 bits per heavy atom. The van der Waals surface area contributed by atoms with E-state index in [1.807, 2.05) is 0 Å². The van der Waals surface area contributed by atoms with Crippen LogP contribution in [0.25, 0.3) is 0 Å². The Morgan fingerprint density at radius 1 is 1.07 bits per heavy atom. The minimum Gasteiger partial charge on any atom is -0.482 e. The van der Waals surface area contributed by atoms with Gasteiger partial charge in [-0.05, 0) is 48.4 Å². The Bertz CT molecular complexity index is 1070. The van der Waals surface area contributed by atoms with Gasteiger partial charge in [-0.25, -0.2) is 8.42 Å². The first-order chi connectivity index (χ1) is 14.4. The van der Waals surface area contributed by atoms with Crippen molar-refractivity contribution in [2.24, 2.45) is 0 Å². The third kappa shape index (κ3) is 4.29. The molecule has 2 aliphatic heterocycles. The van der Waals surface area contributed by atoms with Crippen molar-refractivity contribution >= 4 is 44.8 Å². The summed E-state index contributed by atoms with van der Waals surface area (Å²) in [7, 11) is -3.58. The number of nitrogens with zero attached hydrogens (tertiary/aromatic N) is 2. The zero-order valence-electron chi connectivity index (χ0n) is 16.0. The summed E-state index contributed by atoms with van der Waals surface area (Å²) < 4.78 is 37.9. The van der Waals surface area contributed by atoms with Gasteiger partial charge >= 0.3 is 0 Å². The topological polar surface area (TPSA) is 76.2 Å². The maximum Gasteiger partial charge on any atom is 0.264 e. The summed E-state index contributed by atoms with van der Waals surface area (Å²) in [5, 5.41) is 0.810. The predicted molar refractivity (Wildman–Crippen MR) is 114 cm³/mol. The van der Waals surface area contributed by atoms with Crippen LogP contribution in [0.15, 0.2) is 41.3 Å². The number of anilines is 1. The highest BCUT2D eigenvalue weighted by Gasteiger charge is 2.30. The second-order valence-electron chi connectivity index (χ2n) is 6.97. The molecule has 2 aromatic carbocycles. The molecule has 1 saturated heterocycles. The van der Waals surface area contributed by atoms with E-state index in [9.17, 15) is 13.2 Å². The average Bonchev–Trinajstić information content (AvgIpc) is 3.17. The van der Waals surface area contributed by atoms with Crippen molar-refractivity contribution in [1.82, 2.24) is 4.31 Å². The number of amides is 1.